The van der Waals surface area contributed by atoms with Gasteiger partial charge < -0.3 is 10.1 Å². The van der Waals surface area contributed by atoms with Crippen molar-refractivity contribution in [3.05, 3.63) is 106 Å². The third kappa shape index (κ3) is 5.19. The fraction of sp³-hybridized carbons (Fsp3) is 0.240. The molecule has 1 unspecified atom stereocenters. The highest BCUT2D eigenvalue weighted by Gasteiger charge is 2.23. The molecule has 1 fully saturated rings. The van der Waals surface area contributed by atoms with Gasteiger partial charge in [0.05, 0.1) is 24.2 Å². The molecule has 0 bridgehead atoms. The molecule has 0 spiro atoms. The zero-order chi connectivity index (χ0) is 22.3. The standard InChI is InChI=1S/C25H25N3O4/c29-25(20-9-5-2-6-10-20)21-11-12-22(24(17-21)28(30)31)26-23(19-7-3-1-4-8-19)18-27-13-15-32-16-14-27/h1-12,17,23,26H,13-16,18H2. The number of anilines is 1. The van der Waals surface area contributed by atoms with Crippen molar-refractivity contribution in [1.29, 1.82) is 0 Å². The van der Waals surface area contributed by atoms with E-state index in [1.165, 1.54) is 6.07 Å². The van der Waals surface area contributed by atoms with E-state index < -0.39 is 4.92 Å². The van der Waals surface area contributed by atoms with Gasteiger partial charge in [0.1, 0.15) is 5.69 Å². The largest absolute Gasteiger partial charge is 0.379 e. The molecule has 0 saturated carbocycles. The zero-order valence-electron chi connectivity index (χ0n) is 17.6. The van der Waals surface area contributed by atoms with Crippen LogP contribution in [0.15, 0.2) is 78.9 Å². The Labute approximate surface area is 186 Å². The number of morpholine rings is 1. The minimum absolute atomic E-state index is 0.116. The SMILES string of the molecule is O=C(c1ccccc1)c1ccc(NC(CN2CCOCC2)c2ccccc2)c([N+](=O)[O-])c1. The Morgan fingerprint density at radius 3 is 2.28 bits per heavy atom. The fourth-order valence-electron chi connectivity index (χ4n) is 3.85. The van der Waals surface area contributed by atoms with Crippen LogP contribution in [-0.4, -0.2) is 48.5 Å². The molecule has 0 aliphatic carbocycles. The summed E-state index contributed by atoms with van der Waals surface area (Å²) < 4.78 is 5.44. The zero-order valence-corrected chi connectivity index (χ0v) is 17.6. The summed E-state index contributed by atoms with van der Waals surface area (Å²) in [6.07, 6.45) is 0. The lowest BCUT2D eigenvalue weighted by molar-refractivity contribution is -0.384. The van der Waals surface area contributed by atoms with Gasteiger partial charge in [-0.1, -0.05) is 60.7 Å². The van der Waals surface area contributed by atoms with Crippen LogP contribution < -0.4 is 5.32 Å². The van der Waals surface area contributed by atoms with E-state index in [-0.39, 0.29) is 23.1 Å². The van der Waals surface area contributed by atoms with E-state index in [0.717, 1.165) is 18.7 Å². The van der Waals surface area contributed by atoms with Crippen molar-refractivity contribution in [2.75, 3.05) is 38.2 Å². The number of nitro benzene ring substituents is 1. The maximum Gasteiger partial charge on any atom is 0.293 e. The summed E-state index contributed by atoms with van der Waals surface area (Å²) >= 11 is 0. The molecule has 0 aromatic heterocycles. The number of carbonyl (C=O) groups excluding carboxylic acids is 1. The Balaban J connectivity index is 1.62. The number of nitrogens with one attached hydrogen (secondary N) is 1. The van der Waals surface area contributed by atoms with Crippen molar-refractivity contribution in [3.8, 4) is 0 Å². The smallest absolute Gasteiger partial charge is 0.293 e. The summed E-state index contributed by atoms with van der Waals surface area (Å²) in [5.41, 5.74) is 2.10. The summed E-state index contributed by atoms with van der Waals surface area (Å²) in [5, 5.41) is 15.2. The number of rotatable bonds is 8. The van der Waals surface area contributed by atoms with Gasteiger partial charge in [-0.05, 0) is 17.7 Å². The lowest BCUT2D eigenvalue weighted by Crippen LogP contribution is -2.40. The molecular weight excluding hydrogens is 406 g/mol. The van der Waals surface area contributed by atoms with E-state index in [9.17, 15) is 14.9 Å². The molecule has 3 aromatic rings. The second-order valence-corrected chi connectivity index (χ2v) is 7.70. The van der Waals surface area contributed by atoms with Gasteiger partial charge in [-0.2, -0.15) is 0 Å². The fourth-order valence-corrected chi connectivity index (χ4v) is 3.85. The van der Waals surface area contributed by atoms with Gasteiger partial charge in [-0.3, -0.25) is 19.8 Å². The van der Waals surface area contributed by atoms with Crippen molar-refractivity contribution in [2.45, 2.75) is 6.04 Å². The predicted molar refractivity (Wildman–Crippen MR) is 123 cm³/mol. The molecule has 1 saturated heterocycles. The van der Waals surface area contributed by atoms with Crippen molar-refractivity contribution >= 4 is 17.2 Å². The van der Waals surface area contributed by atoms with Crippen LogP contribution >= 0.6 is 0 Å². The number of nitro groups is 1. The Morgan fingerprint density at radius 2 is 1.62 bits per heavy atom. The van der Waals surface area contributed by atoms with Crippen LogP contribution in [0.3, 0.4) is 0 Å². The normalized spacial score (nSPS) is 15.1. The Morgan fingerprint density at radius 1 is 0.969 bits per heavy atom. The highest BCUT2D eigenvalue weighted by atomic mass is 16.6. The van der Waals surface area contributed by atoms with Crippen LogP contribution in [0.4, 0.5) is 11.4 Å². The molecule has 0 amide bonds. The van der Waals surface area contributed by atoms with Gasteiger partial charge in [0.15, 0.2) is 5.78 Å². The van der Waals surface area contributed by atoms with Gasteiger partial charge in [0, 0.05) is 36.8 Å². The van der Waals surface area contributed by atoms with Crippen molar-refractivity contribution in [2.24, 2.45) is 0 Å². The van der Waals surface area contributed by atoms with Crippen LogP contribution in [0.2, 0.25) is 0 Å². The summed E-state index contributed by atoms with van der Waals surface area (Å²) in [6.45, 7) is 3.68. The number of hydrogen-bond donors (Lipinski definition) is 1. The molecule has 1 heterocycles. The molecule has 7 nitrogen and oxygen atoms in total. The molecule has 3 aromatic carbocycles. The maximum atomic E-state index is 12.8. The molecule has 1 aliphatic rings. The quantitative estimate of drug-likeness (QED) is 0.325. The Kier molecular flexibility index (Phi) is 6.89. The average molecular weight is 431 g/mol. The van der Waals surface area contributed by atoms with Crippen LogP contribution in [0, 0.1) is 10.1 Å². The highest BCUT2D eigenvalue weighted by Crippen LogP contribution is 2.31. The van der Waals surface area contributed by atoms with Crippen LogP contribution in [-0.2, 0) is 4.74 Å². The van der Waals surface area contributed by atoms with Gasteiger partial charge in [0.2, 0.25) is 0 Å². The Hall–Kier alpha value is -3.55. The number of ketones is 1. The molecule has 1 aliphatic heterocycles. The van der Waals surface area contributed by atoms with Crippen molar-refractivity contribution in [3.63, 3.8) is 0 Å². The van der Waals surface area contributed by atoms with Gasteiger partial charge >= 0.3 is 0 Å². The summed E-state index contributed by atoms with van der Waals surface area (Å²) in [6, 6.07) is 23.1. The number of ether oxygens (including phenoxy) is 1. The molecule has 32 heavy (non-hydrogen) atoms. The molecule has 4 rings (SSSR count). The first kappa shape index (κ1) is 21.7. The summed E-state index contributed by atoms with van der Waals surface area (Å²) in [4.78, 5) is 26.5. The Bertz CT molecular complexity index is 1070. The van der Waals surface area contributed by atoms with E-state index in [1.54, 1.807) is 36.4 Å². The van der Waals surface area contributed by atoms with E-state index in [4.69, 9.17) is 4.74 Å². The average Bonchev–Trinajstić information content (AvgIpc) is 2.85. The minimum atomic E-state index is -0.444. The third-order valence-corrected chi connectivity index (χ3v) is 5.57. The molecule has 1 N–H and O–H groups in total. The number of nitrogens with zero attached hydrogens (tertiary/aromatic N) is 2. The first-order valence-electron chi connectivity index (χ1n) is 10.6. The highest BCUT2D eigenvalue weighted by molar-refractivity contribution is 6.09. The maximum absolute atomic E-state index is 12.8. The molecular formula is C25H25N3O4. The van der Waals surface area contributed by atoms with Gasteiger partial charge in [-0.25, -0.2) is 0 Å². The van der Waals surface area contributed by atoms with Crippen LogP contribution in [0.25, 0.3) is 0 Å². The number of benzene rings is 3. The van der Waals surface area contributed by atoms with Crippen LogP contribution in [0.5, 0.6) is 0 Å². The first-order valence-corrected chi connectivity index (χ1v) is 10.6. The molecule has 7 heteroatoms. The third-order valence-electron chi connectivity index (χ3n) is 5.57. The minimum Gasteiger partial charge on any atom is -0.379 e. The van der Waals surface area contributed by atoms with Gasteiger partial charge in [0.25, 0.3) is 5.69 Å². The number of hydrogen-bond acceptors (Lipinski definition) is 6. The van der Waals surface area contributed by atoms with E-state index >= 15 is 0 Å². The molecule has 0 radical (unpaired) electrons. The lowest BCUT2D eigenvalue weighted by Gasteiger charge is -2.31. The van der Waals surface area contributed by atoms with E-state index in [1.807, 2.05) is 36.4 Å². The van der Waals surface area contributed by atoms with E-state index in [2.05, 4.69) is 10.2 Å². The van der Waals surface area contributed by atoms with Crippen molar-refractivity contribution in [1.82, 2.24) is 4.90 Å². The molecule has 1 atom stereocenters. The summed E-state index contributed by atoms with van der Waals surface area (Å²) in [7, 11) is 0. The lowest BCUT2D eigenvalue weighted by atomic mass is 10.0. The van der Waals surface area contributed by atoms with Crippen molar-refractivity contribution < 1.29 is 14.5 Å². The van der Waals surface area contributed by atoms with Gasteiger partial charge in [-0.15, -0.1) is 0 Å². The predicted octanol–water partition coefficient (Wildman–Crippen LogP) is 4.31. The monoisotopic (exact) mass is 431 g/mol. The van der Waals surface area contributed by atoms with Crippen LogP contribution in [0.1, 0.15) is 27.5 Å². The summed E-state index contributed by atoms with van der Waals surface area (Å²) in [5.74, 6) is -0.242. The topological polar surface area (TPSA) is 84.7 Å². The second kappa shape index (κ2) is 10.2. The first-order chi connectivity index (χ1) is 15.6. The molecule has 164 valence electrons. The second-order valence-electron chi connectivity index (χ2n) is 7.70. The van der Waals surface area contributed by atoms with E-state index in [0.29, 0.717) is 31.0 Å². The number of carbonyl (C=O) groups is 1.